The van der Waals surface area contributed by atoms with Gasteiger partial charge in [-0.15, -0.1) is 0 Å². The highest BCUT2D eigenvalue weighted by Gasteiger charge is 2.22. The first-order valence-electron chi connectivity index (χ1n) is 9.02. The molecule has 4 rings (SSSR count). The van der Waals surface area contributed by atoms with Crippen LogP contribution < -0.4 is 0 Å². The Morgan fingerprint density at radius 3 is 2.81 bits per heavy atom. The number of carbonyl (C=O) groups excluding carboxylic acids is 1. The van der Waals surface area contributed by atoms with Gasteiger partial charge in [0.1, 0.15) is 5.65 Å². The number of pyridine rings is 2. The zero-order chi connectivity index (χ0) is 17.9. The smallest absolute Gasteiger partial charge is 0.245 e. The summed E-state index contributed by atoms with van der Waals surface area (Å²) >= 11 is 0. The highest BCUT2D eigenvalue weighted by atomic mass is 16.2. The van der Waals surface area contributed by atoms with Crippen LogP contribution in [-0.4, -0.2) is 38.8 Å². The van der Waals surface area contributed by atoms with Crippen molar-refractivity contribution in [1.29, 1.82) is 0 Å². The molecule has 26 heavy (non-hydrogen) atoms. The summed E-state index contributed by atoms with van der Waals surface area (Å²) in [7, 11) is 0. The number of nitrogens with zero attached hydrogens (tertiary/aromatic N) is 3. The van der Waals surface area contributed by atoms with Gasteiger partial charge in [-0.05, 0) is 60.6 Å². The minimum atomic E-state index is 0.0425. The number of nitrogens with one attached hydrogen (secondary N) is 1. The number of hydrogen-bond donors (Lipinski definition) is 1. The van der Waals surface area contributed by atoms with Crippen molar-refractivity contribution in [3.05, 3.63) is 61.2 Å². The van der Waals surface area contributed by atoms with Gasteiger partial charge in [0.05, 0.1) is 0 Å². The average Bonchev–Trinajstić information content (AvgIpc) is 3.12. The molecule has 1 amide bonds. The van der Waals surface area contributed by atoms with Gasteiger partial charge in [-0.25, -0.2) is 4.98 Å². The van der Waals surface area contributed by atoms with Crippen LogP contribution in [0, 0.1) is 5.92 Å². The van der Waals surface area contributed by atoms with Gasteiger partial charge < -0.3 is 9.88 Å². The molecule has 4 heterocycles. The van der Waals surface area contributed by atoms with E-state index in [1.54, 1.807) is 0 Å². The summed E-state index contributed by atoms with van der Waals surface area (Å²) in [4.78, 5) is 25.6. The maximum absolute atomic E-state index is 11.7. The molecule has 1 fully saturated rings. The van der Waals surface area contributed by atoms with Gasteiger partial charge in [0.25, 0.3) is 0 Å². The van der Waals surface area contributed by atoms with Gasteiger partial charge in [-0.3, -0.25) is 9.78 Å². The summed E-state index contributed by atoms with van der Waals surface area (Å²) in [6.07, 6.45) is 12.1. The van der Waals surface area contributed by atoms with Crippen molar-refractivity contribution in [2.75, 3.05) is 13.1 Å². The number of aromatic amines is 1. The summed E-state index contributed by atoms with van der Waals surface area (Å²) in [5, 5.41) is 1.15. The Kier molecular flexibility index (Phi) is 4.52. The number of aromatic nitrogens is 3. The molecular weight excluding hydrogens is 324 g/mol. The van der Waals surface area contributed by atoms with Crippen molar-refractivity contribution in [2.24, 2.45) is 5.92 Å². The first kappa shape index (κ1) is 16.5. The molecule has 0 unspecified atom stereocenters. The Morgan fingerprint density at radius 1 is 1.31 bits per heavy atom. The molecule has 0 spiro atoms. The lowest BCUT2D eigenvalue weighted by Gasteiger charge is -2.31. The molecule has 0 atom stereocenters. The van der Waals surface area contributed by atoms with Crippen LogP contribution in [0.25, 0.3) is 22.2 Å². The van der Waals surface area contributed by atoms with E-state index in [9.17, 15) is 4.79 Å². The molecule has 5 nitrogen and oxygen atoms in total. The third-order valence-electron chi connectivity index (χ3n) is 5.20. The van der Waals surface area contributed by atoms with E-state index in [1.807, 2.05) is 41.8 Å². The molecule has 1 aliphatic heterocycles. The number of fused-ring (bicyclic) bond motifs is 1. The summed E-state index contributed by atoms with van der Waals surface area (Å²) < 4.78 is 0. The first-order chi connectivity index (χ1) is 12.7. The fourth-order valence-electron chi connectivity index (χ4n) is 3.75. The minimum absolute atomic E-state index is 0.0425. The quantitative estimate of drug-likeness (QED) is 0.734. The summed E-state index contributed by atoms with van der Waals surface area (Å²) in [6, 6.07) is 6.28. The van der Waals surface area contributed by atoms with E-state index in [1.165, 1.54) is 11.6 Å². The lowest BCUT2D eigenvalue weighted by Crippen LogP contribution is -2.37. The van der Waals surface area contributed by atoms with Crippen LogP contribution in [0.4, 0.5) is 0 Å². The van der Waals surface area contributed by atoms with E-state index in [0.29, 0.717) is 5.92 Å². The molecule has 0 radical (unpaired) electrons. The third kappa shape index (κ3) is 3.25. The number of amides is 1. The van der Waals surface area contributed by atoms with E-state index in [4.69, 9.17) is 0 Å². The van der Waals surface area contributed by atoms with Crippen molar-refractivity contribution in [3.8, 4) is 11.1 Å². The molecule has 0 saturated carbocycles. The number of carbonyl (C=O) groups is 1. The lowest BCUT2D eigenvalue weighted by molar-refractivity contribution is -0.127. The first-order valence-corrected chi connectivity index (χ1v) is 9.02. The predicted octanol–water partition coefficient (Wildman–Crippen LogP) is 3.59. The normalized spacial score (nSPS) is 15.3. The van der Waals surface area contributed by atoms with Crippen LogP contribution in [-0.2, 0) is 11.2 Å². The van der Waals surface area contributed by atoms with Crippen molar-refractivity contribution >= 4 is 16.9 Å². The molecule has 5 heteroatoms. The Labute approximate surface area is 152 Å². The van der Waals surface area contributed by atoms with E-state index < -0.39 is 0 Å². The van der Waals surface area contributed by atoms with Crippen LogP contribution in [0.15, 0.2) is 55.6 Å². The van der Waals surface area contributed by atoms with Crippen molar-refractivity contribution < 1.29 is 4.79 Å². The van der Waals surface area contributed by atoms with Crippen LogP contribution in [0.1, 0.15) is 18.4 Å². The van der Waals surface area contributed by atoms with Gasteiger partial charge in [0.15, 0.2) is 0 Å². The number of hydrogen-bond acceptors (Lipinski definition) is 3. The van der Waals surface area contributed by atoms with Crippen LogP contribution >= 0.6 is 0 Å². The van der Waals surface area contributed by atoms with Gasteiger partial charge >= 0.3 is 0 Å². The molecule has 3 aromatic rings. The standard InChI is InChI=1S/C21H22N4O/c1-2-20(26)25-9-5-15(6-10-25)11-16-12-18-19(14-24-21(18)23-13-16)17-3-7-22-8-4-17/h2-4,7-8,12-15H,1,5-6,9-11H2,(H,23,24). The van der Waals surface area contributed by atoms with Crippen molar-refractivity contribution in [1.82, 2.24) is 19.9 Å². The molecule has 1 aliphatic rings. The molecule has 0 aliphatic carbocycles. The number of H-pyrrole nitrogens is 1. The maximum atomic E-state index is 11.7. The number of piperidine rings is 1. The van der Waals surface area contributed by atoms with E-state index in [0.717, 1.165) is 54.5 Å². The molecule has 1 saturated heterocycles. The van der Waals surface area contributed by atoms with E-state index in [2.05, 4.69) is 27.6 Å². The monoisotopic (exact) mass is 346 g/mol. The number of rotatable bonds is 4. The van der Waals surface area contributed by atoms with Crippen molar-refractivity contribution in [2.45, 2.75) is 19.3 Å². The largest absolute Gasteiger partial charge is 0.346 e. The number of likely N-dealkylation sites (tertiary alicyclic amines) is 1. The molecule has 132 valence electrons. The maximum Gasteiger partial charge on any atom is 0.245 e. The van der Waals surface area contributed by atoms with Gasteiger partial charge in [0, 0.05) is 48.8 Å². The van der Waals surface area contributed by atoms with Gasteiger partial charge in [-0.1, -0.05) is 6.58 Å². The fraction of sp³-hybridized carbons (Fsp3) is 0.286. The van der Waals surface area contributed by atoms with Gasteiger partial charge in [0.2, 0.25) is 5.91 Å². The molecule has 0 bridgehead atoms. The Hall–Kier alpha value is -2.95. The third-order valence-corrected chi connectivity index (χ3v) is 5.20. The Morgan fingerprint density at radius 2 is 2.08 bits per heavy atom. The molecule has 1 N–H and O–H groups in total. The lowest BCUT2D eigenvalue weighted by atomic mass is 9.90. The second-order valence-corrected chi connectivity index (χ2v) is 6.85. The molecular formula is C21H22N4O. The summed E-state index contributed by atoms with van der Waals surface area (Å²) in [5.74, 6) is 0.632. The summed E-state index contributed by atoms with van der Waals surface area (Å²) in [5.41, 5.74) is 4.46. The molecule has 3 aromatic heterocycles. The van der Waals surface area contributed by atoms with Crippen LogP contribution in [0.5, 0.6) is 0 Å². The Balaban J connectivity index is 1.51. The Bertz CT molecular complexity index is 924. The highest BCUT2D eigenvalue weighted by molar-refractivity contribution is 5.93. The fourth-order valence-corrected chi connectivity index (χ4v) is 3.75. The van der Waals surface area contributed by atoms with E-state index >= 15 is 0 Å². The van der Waals surface area contributed by atoms with Crippen molar-refractivity contribution in [3.63, 3.8) is 0 Å². The predicted molar refractivity (Wildman–Crippen MR) is 103 cm³/mol. The molecule has 0 aromatic carbocycles. The second kappa shape index (κ2) is 7.12. The van der Waals surface area contributed by atoms with Crippen LogP contribution in [0.3, 0.4) is 0 Å². The second-order valence-electron chi connectivity index (χ2n) is 6.85. The minimum Gasteiger partial charge on any atom is -0.346 e. The average molecular weight is 346 g/mol. The van der Waals surface area contributed by atoms with Gasteiger partial charge in [-0.2, -0.15) is 0 Å². The summed E-state index contributed by atoms with van der Waals surface area (Å²) in [6.45, 7) is 5.21. The zero-order valence-corrected chi connectivity index (χ0v) is 14.7. The SMILES string of the molecule is C=CC(=O)N1CCC(Cc2cnc3[nH]cc(-c4ccncc4)c3c2)CC1. The van der Waals surface area contributed by atoms with Crippen LogP contribution in [0.2, 0.25) is 0 Å². The zero-order valence-electron chi connectivity index (χ0n) is 14.7. The highest BCUT2D eigenvalue weighted by Crippen LogP contribution is 2.29. The van der Waals surface area contributed by atoms with E-state index in [-0.39, 0.29) is 5.91 Å². The topological polar surface area (TPSA) is 61.9 Å².